The number of carboxylic acid groups (broad SMARTS) is 1. The minimum Gasteiger partial charge on any atom is -0.489 e. The van der Waals surface area contributed by atoms with Gasteiger partial charge in [0.2, 0.25) is 0 Å². The molecule has 2 aromatic carbocycles. The Morgan fingerprint density at radius 3 is 2.55 bits per heavy atom. The summed E-state index contributed by atoms with van der Waals surface area (Å²) in [7, 11) is 0. The molecule has 0 saturated carbocycles. The van der Waals surface area contributed by atoms with Crippen LogP contribution in [0, 0.1) is 0 Å². The van der Waals surface area contributed by atoms with Crippen molar-refractivity contribution in [2.75, 3.05) is 0 Å². The Morgan fingerprint density at radius 2 is 1.91 bits per heavy atom. The normalized spacial score (nSPS) is 11.9. The van der Waals surface area contributed by atoms with E-state index in [1.54, 1.807) is 0 Å². The van der Waals surface area contributed by atoms with E-state index >= 15 is 0 Å². The molecule has 0 bridgehead atoms. The number of benzene rings is 2. The summed E-state index contributed by atoms with van der Waals surface area (Å²) in [5.74, 6) is 0.222. The van der Waals surface area contributed by atoms with Crippen LogP contribution in [0.15, 0.2) is 48.5 Å². The first kappa shape index (κ1) is 16.1. The van der Waals surface area contributed by atoms with Gasteiger partial charge in [0, 0.05) is 5.56 Å². The fourth-order valence-electron chi connectivity index (χ4n) is 2.32. The van der Waals surface area contributed by atoms with Crippen molar-refractivity contribution in [1.82, 2.24) is 0 Å². The van der Waals surface area contributed by atoms with E-state index in [0.29, 0.717) is 18.3 Å². The molecule has 0 saturated heterocycles. The van der Waals surface area contributed by atoms with Gasteiger partial charge in [0.05, 0.1) is 6.42 Å². The van der Waals surface area contributed by atoms with Crippen LogP contribution < -0.4 is 4.74 Å². The summed E-state index contributed by atoms with van der Waals surface area (Å²) in [6.07, 6.45) is 1.01. The van der Waals surface area contributed by atoms with Crippen molar-refractivity contribution >= 4 is 5.97 Å². The smallest absolute Gasteiger partial charge is 0.307 e. The predicted molar refractivity (Wildman–Crippen MR) is 87.3 cm³/mol. The Bertz CT molecular complexity index is 620. The van der Waals surface area contributed by atoms with Crippen LogP contribution in [-0.4, -0.2) is 11.1 Å². The van der Waals surface area contributed by atoms with Crippen LogP contribution in [0.25, 0.3) is 0 Å². The second-order valence-electron chi connectivity index (χ2n) is 5.52. The molecular weight excluding hydrogens is 276 g/mol. The van der Waals surface area contributed by atoms with Crippen molar-refractivity contribution in [2.45, 2.75) is 39.2 Å². The Morgan fingerprint density at radius 1 is 1.18 bits per heavy atom. The summed E-state index contributed by atoms with van der Waals surface area (Å²) in [6.45, 7) is 4.71. The lowest BCUT2D eigenvalue weighted by molar-refractivity contribution is -0.136. The maximum Gasteiger partial charge on any atom is 0.307 e. The maximum absolute atomic E-state index is 11.1. The van der Waals surface area contributed by atoms with Crippen LogP contribution in [-0.2, 0) is 17.8 Å². The summed E-state index contributed by atoms with van der Waals surface area (Å²) < 4.78 is 5.83. The first-order chi connectivity index (χ1) is 10.6. The zero-order valence-electron chi connectivity index (χ0n) is 13.1. The molecule has 0 fully saturated rings. The van der Waals surface area contributed by atoms with Gasteiger partial charge in [0.1, 0.15) is 12.4 Å². The van der Waals surface area contributed by atoms with Gasteiger partial charge in [-0.3, -0.25) is 4.79 Å². The third kappa shape index (κ3) is 4.35. The van der Waals surface area contributed by atoms with E-state index in [-0.39, 0.29) is 6.42 Å². The maximum atomic E-state index is 11.1. The van der Waals surface area contributed by atoms with Gasteiger partial charge in [-0.15, -0.1) is 0 Å². The SMILES string of the molecule is CCC(C)c1ccc(OCc2ccccc2)c(CC(=O)O)c1. The molecule has 3 heteroatoms. The lowest BCUT2D eigenvalue weighted by atomic mass is 9.95. The number of carbonyl (C=O) groups is 1. The average Bonchev–Trinajstić information content (AvgIpc) is 2.53. The average molecular weight is 298 g/mol. The summed E-state index contributed by atoms with van der Waals surface area (Å²) in [4.78, 5) is 11.1. The third-order valence-electron chi connectivity index (χ3n) is 3.84. The molecule has 2 aromatic rings. The number of ether oxygens (including phenoxy) is 1. The highest BCUT2D eigenvalue weighted by atomic mass is 16.5. The highest BCUT2D eigenvalue weighted by molar-refractivity contribution is 5.71. The van der Waals surface area contributed by atoms with E-state index in [1.807, 2.05) is 48.5 Å². The topological polar surface area (TPSA) is 46.5 Å². The van der Waals surface area contributed by atoms with Gasteiger partial charge < -0.3 is 9.84 Å². The van der Waals surface area contributed by atoms with Gasteiger partial charge in [-0.1, -0.05) is 56.3 Å². The van der Waals surface area contributed by atoms with E-state index < -0.39 is 5.97 Å². The highest BCUT2D eigenvalue weighted by Gasteiger charge is 2.12. The fraction of sp³-hybridized carbons (Fsp3) is 0.316. The molecule has 0 aliphatic carbocycles. The molecule has 1 atom stereocenters. The van der Waals surface area contributed by atoms with Crippen molar-refractivity contribution in [2.24, 2.45) is 0 Å². The van der Waals surface area contributed by atoms with Gasteiger partial charge >= 0.3 is 5.97 Å². The van der Waals surface area contributed by atoms with Crippen molar-refractivity contribution in [3.63, 3.8) is 0 Å². The molecule has 0 aromatic heterocycles. The van der Waals surface area contributed by atoms with Gasteiger partial charge in [-0.05, 0) is 29.5 Å². The quantitative estimate of drug-likeness (QED) is 0.823. The Hall–Kier alpha value is -2.29. The Labute approximate surface area is 131 Å². The first-order valence-electron chi connectivity index (χ1n) is 7.61. The van der Waals surface area contributed by atoms with E-state index in [1.165, 1.54) is 0 Å². The summed E-state index contributed by atoms with van der Waals surface area (Å²) in [5, 5.41) is 9.11. The number of carboxylic acids is 1. The molecule has 3 nitrogen and oxygen atoms in total. The molecule has 1 N–H and O–H groups in total. The summed E-state index contributed by atoms with van der Waals surface area (Å²) in [5.41, 5.74) is 2.96. The van der Waals surface area contributed by atoms with Crippen LogP contribution >= 0.6 is 0 Å². The van der Waals surface area contributed by atoms with Crippen LogP contribution in [0.1, 0.15) is 42.9 Å². The predicted octanol–water partition coefficient (Wildman–Crippen LogP) is 4.41. The number of aliphatic carboxylic acids is 1. The minimum atomic E-state index is -0.842. The monoisotopic (exact) mass is 298 g/mol. The molecule has 116 valence electrons. The molecule has 0 heterocycles. The molecule has 2 rings (SSSR count). The molecule has 0 aliphatic rings. The molecule has 22 heavy (non-hydrogen) atoms. The van der Waals surface area contributed by atoms with Gasteiger partial charge in [0.15, 0.2) is 0 Å². The van der Waals surface area contributed by atoms with Crippen LogP contribution in [0.5, 0.6) is 5.75 Å². The molecule has 0 amide bonds. The van der Waals surface area contributed by atoms with Crippen LogP contribution in [0.2, 0.25) is 0 Å². The van der Waals surface area contributed by atoms with Gasteiger partial charge in [-0.2, -0.15) is 0 Å². The first-order valence-corrected chi connectivity index (χ1v) is 7.61. The van der Waals surface area contributed by atoms with E-state index in [9.17, 15) is 4.79 Å². The number of hydrogen-bond acceptors (Lipinski definition) is 2. The molecular formula is C19H22O3. The van der Waals surface area contributed by atoms with Crippen molar-refractivity contribution in [3.8, 4) is 5.75 Å². The number of rotatable bonds is 7. The molecule has 1 unspecified atom stereocenters. The Kier molecular flexibility index (Phi) is 5.59. The molecule has 0 radical (unpaired) electrons. The van der Waals surface area contributed by atoms with Crippen LogP contribution in [0.3, 0.4) is 0 Å². The third-order valence-corrected chi connectivity index (χ3v) is 3.84. The molecule has 0 aliphatic heterocycles. The molecule has 0 spiro atoms. The van der Waals surface area contributed by atoms with Crippen molar-refractivity contribution < 1.29 is 14.6 Å². The van der Waals surface area contributed by atoms with Gasteiger partial charge in [-0.25, -0.2) is 0 Å². The lowest BCUT2D eigenvalue weighted by Crippen LogP contribution is -2.05. The van der Waals surface area contributed by atoms with E-state index in [4.69, 9.17) is 9.84 Å². The standard InChI is InChI=1S/C19H22O3/c1-3-14(2)16-9-10-18(17(11-16)12-19(20)21)22-13-15-7-5-4-6-8-15/h4-11,14H,3,12-13H2,1-2H3,(H,20,21). The van der Waals surface area contributed by atoms with Gasteiger partial charge in [0.25, 0.3) is 0 Å². The largest absolute Gasteiger partial charge is 0.489 e. The van der Waals surface area contributed by atoms with Crippen molar-refractivity contribution in [3.05, 3.63) is 65.2 Å². The summed E-state index contributed by atoms with van der Waals surface area (Å²) >= 11 is 0. The summed E-state index contributed by atoms with van der Waals surface area (Å²) in [6, 6.07) is 15.7. The second-order valence-corrected chi connectivity index (χ2v) is 5.52. The van der Waals surface area contributed by atoms with Crippen molar-refractivity contribution in [1.29, 1.82) is 0 Å². The van der Waals surface area contributed by atoms with E-state index in [2.05, 4.69) is 13.8 Å². The fourth-order valence-corrected chi connectivity index (χ4v) is 2.32. The zero-order chi connectivity index (χ0) is 15.9. The minimum absolute atomic E-state index is 0.0194. The van der Waals surface area contributed by atoms with Crippen LogP contribution in [0.4, 0.5) is 0 Å². The van der Waals surface area contributed by atoms with E-state index in [0.717, 1.165) is 23.1 Å². The second kappa shape index (κ2) is 7.64. The number of hydrogen-bond donors (Lipinski definition) is 1. The lowest BCUT2D eigenvalue weighted by Gasteiger charge is -2.15. The highest BCUT2D eigenvalue weighted by Crippen LogP contribution is 2.27. The zero-order valence-corrected chi connectivity index (χ0v) is 13.1. The Balaban J connectivity index is 2.19.